The highest BCUT2D eigenvalue weighted by atomic mass is 16.7. The SMILES string of the molecule is C=C1CO[C@@H]2Oc3ccc4ccc(=O)oc4c3[C@H]12. The van der Waals surface area contributed by atoms with Gasteiger partial charge in [-0.2, -0.15) is 0 Å². The molecule has 2 atom stereocenters. The summed E-state index contributed by atoms with van der Waals surface area (Å²) in [5.74, 6) is 0.682. The monoisotopic (exact) mass is 242 g/mol. The fourth-order valence-corrected chi connectivity index (χ4v) is 2.67. The summed E-state index contributed by atoms with van der Waals surface area (Å²) in [5.41, 5.74) is 2.07. The fourth-order valence-electron chi connectivity index (χ4n) is 2.67. The van der Waals surface area contributed by atoms with Crippen molar-refractivity contribution in [1.82, 2.24) is 0 Å². The summed E-state index contributed by atoms with van der Waals surface area (Å²) in [4.78, 5) is 11.4. The van der Waals surface area contributed by atoms with E-state index in [1.54, 1.807) is 6.07 Å². The van der Waals surface area contributed by atoms with Crippen LogP contribution in [0.4, 0.5) is 0 Å². The Bertz CT molecular complexity index is 728. The van der Waals surface area contributed by atoms with Gasteiger partial charge in [-0.25, -0.2) is 4.79 Å². The molecule has 4 nitrogen and oxygen atoms in total. The molecule has 1 aromatic heterocycles. The van der Waals surface area contributed by atoms with Gasteiger partial charge in [0, 0.05) is 11.5 Å². The summed E-state index contributed by atoms with van der Waals surface area (Å²) >= 11 is 0. The molecule has 2 aromatic rings. The van der Waals surface area contributed by atoms with Crippen molar-refractivity contribution in [3.05, 3.63) is 52.4 Å². The van der Waals surface area contributed by atoms with Crippen LogP contribution in [-0.2, 0) is 4.74 Å². The maximum absolute atomic E-state index is 11.4. The van der Waals surface area contributed by atoms with Crippen molar-refractivity contribution in [1.29, 1.82) is 0 Å². The van der Waals surface area contributed by atoms with Crippen molar-refractivity contribution in [3.63, 3.8) is 0 Å². The van der Waals surface area contributed by atoms with Crippen LogP contribution < -0.4 is 10.4 Å². The van der Waals surface area contributed by atoms with E-state index >= 15 is 0 Å². The van der Waals surface area contributed by atoms with E-state index in [1.807, 2.05) is 12.1 Å². The van der Waals surface area contributed by atoms with Gasteiger partial charge in [0.05, 0.1) is 18.1 Å². The maximum Gasteiger partial charge on any atom is 0.336 e. The van der Waals surface area contributed by atoms with Crippen LogP contribution in [0.5, 0.6) is 5.75 Å². The van der Waals surface area contributed by atoms with Crippen LogP contribution in [0, 0.1) is 0 Å². The first-order chi connectivity index (χ1) is 8.74. The third-order valence-corrected chi connectivity index (χ3v) is 3.49. The zero-order chi connectivity index (χ0) is 12.3. The van der Waals surface area contributed by atoms with Crippen molar-refractivity contribution in [3.8, 4) is 5.75 Å². The van der Waals surface area contributed by atoms with Gasteiger partial charge in [0.15, 0.2) is 0 Å². The third-order valence-electron chi connectivity index (χ3n) is 3.49. The minimum atomic E-state index is -0.358. The highest BCUT2D eigenvalue weighted by Crippen LogP contribution is 2.48. The van der Waals surface area contributed by atoms with Crippen molar-refractivity contribution < 1.29 is 13.9 Å². The molecule has 4 heteroatoms. The van der Waals surface area contributed by atoms with Crippen molar-refractivity contribution in [2.45, 2.75) is 12.2 Å². The molecular weight excluding hydrogens is 232 g/mol. The minimum absolute atomic E-state index is 0.0331. The average molecular weight is 242 g/mol. The molecule has 0 unspecified atom stereocenters. The summed E-state index contributed by atoms with van der Waals surface area (Å²) in [5, 5.41) is 0.886. The Morgan fingerprint density at radius 3 is 2.94 bits per heavy atom. The molecule has 0 spiro atoms. The van der Waals surface area contributed by atoms with Gasteiger partial charge in [-0.1, -0.05) is 6.58 Å². The highest BCUT2D eigenvalue weighted by Gasteiger charge is 2.43. The molecule has 0 bridgehead atoms. The third kappa shape index (κ3) is 1.15. The van der Waals surface area contributed by atoms with Crippen LogP contribution in [0.1, 0.15) is 11.5 Å². The van der Waals surface area contributed by atoms with Gasteiger partial charge >= 0.3 is 5.63 Å². The van der Waals surface area contributed by atoms with E-state index in [2.05, 4.69) is 6.58 Å². The Hall–Kier alpha value is -2.07. The van der Waals surface area contributed by atoms with Crippen LogP contribution >= 0.6 is 0 Å². The molecule has 90 valence electrons. The zero-order valence-electron chi connectivity index (χ0n) is 9.51. The summed E-state index contributed by atoms with van der Waals surface area (Å²) in [6.07, 6.45) is -0.330. The van der Waals surface area contributed by atoms with Crippen LogP contribution in [0.15, 0.2) is 45.6 Å². The highest BCUT2D eigenvalue weighted by molar-refractivity contribution is 5.84. The molecule has 2 aliphatic rings. The van der Waals surface area contributed by atoms with E-state index in [-0.39, 0.29) is 17.8 Å². The van der Waals surface area contributed by atoms with E-state index in [4.69, 9.17) is 13.9 Å². The predicted molar refractivity (Wildman–Crippen MR) is 64.7 cm³/mol. The fraction of sp³-hybridized carbons (Fsp3) is 0.214. The number of ether oxygens (including phenoxy) is 2. The van der Waals surface area contributed by atoms with Gasteiger partial charge in [-0.3, -0.25) is 0 Å². The van der Waals surface area contributed by atoms with E-state index in [0.29, 0.717) is 17.9 Å². The molecule has 1 saturated heterocycles. The summed E-state index contributed by atoms with van der Waals surface area (Å²) in [6, 6.07) is 6.93. The Morgan fingerprint density at radius 1 is 1.22 bits per heavy atom. The average Bonchev–Trinajstić information content (AvgIpc) is 2.89. The van der Waals surface area contributed by atoms with Crippen molar-refractivity contribution >= 4 is 11.0 Å². The topological polar surface area (TPSA) is 48.7 Å². The second-order valence-electron chi connectivity index (χ2n) is 4.58. The quantitative estimate of drug-likeness (QED) is 0.525. The Kier molecular flexibility index (Phi) is 1.78. The smallest absolute Gasteiger partial charge is 0.336 e. The molecule has 0 radical (unpaired) electrons. The first-order valence-electron chi connectivity index (χ1n) is 5.77. The van der Waals surface area contributed by atoms with Crippen molar-refractivity contribution in [2.24, 2.45) is 0 Å². The Morgan fingerprint density at radius 2 is 2.06 bits per heavy atom. The number of hydrogen-bond acceptors (Lipinski definition) is 4. The minimum Gasteiger partial charge on any atom is -0.463 e. The lowest BCUT2D eigenvalue weighted by molar-refractivity contribution is -0.0334. The second-order valence-corrected chi connectivity index (χ2v) is 4.58. The van der Waals surface area contributed by atoms with Gasteiger partial charge in [0.25, 0.3) is 0 Å². The van der Waals surface area contributed by atoms with Crippen LogP contribution in [0.2, 0.25) is 0 Å². The molecule has 1 fully saturated rings. The molecule has 3 heterocycles. The Labute approximate surface area is 102 Å². The number of rotatable bonds is 0. The molecule has 0 aliphatic carbocycles. The summed E-state index contributed by atoms with van der Waals surface area (Å²) in [6.45, 7) is 4.49. The maximum atomic E-state index is 11.4. The van der Waals surface area contributed by atoms with E-state index in [1.165, 1.54) is 6.07 Å². The normalized spacial score (nSPS) is 25.0. The molecule has 0 N–H and O–H groups in total. The summed E-state index contributed by atoms with van der Waals surface area (Å²) in [7, 11) is 0. The van der Waals surface area contributed by atoms with Crippen LogP contribution in [0.25, 0.3) is 11.0 Å². The van der Waals surface area contributed by atoms with E-state index in [9.17, 15) is 4.79 Å². The van der Waals surface area contributed by atoms with Crippen LogP contribution in [0.3, 0.4) is 0 Å². The second kappa shape index (κ2) is 3.23. The van der Waals surface area contributed by atoms with Gasteiger partial charge in [-0.05, 0) is 23.8 Å². The molecule has 0 saturated carbocycles. The first kappa shape index (κ1) is 9.91. The predicted octanol–water partition coefficient (Wildman–Crippen LogP) is 2.18. The number of benzene rings is 1. The van der Waals surface area contributed by atoms with Crippen molar-refractivity contribution in [2.75, 3.05) is 6.61 Å². The molecule has 2 aliphatic heterocycles. The molecule has 4 rings (SSSR count). The first-order valence-corrected chi connectivity index (χ1v) is 5.77. The number of fused-ring (bicyclic) bond motifs is 5. The number of hydrogen-bond donors (Lipinski definition) is 0. The largest absolute Gasteiger partial charge is 0.463 e. The zero-order valence-corrected chi connectivity index (χ0v) is 9.51. The van der Waals surface area contributed by atoms with Gasteiger partial charge in [-0.15, -0.1) is 0 Å². The lowest BCUT2D eigenvalue weighted by Gasteiger charge is -2.07. The summed E-state index contributed by atoms with van der Waals surface area (Å²) < 4.78 is 16.5. The van der Waals surface area contributed by atoms with E-state index < -0.39 is 0 Å². The lowest BCUT2D eigenvalue weighted by atomic mass is 9.93. The molecule has 18 heavy (non-hydrogen) atoms. The Balaban J connectivity index is 2.08. The standard InChI is InChI=1S/C14H10O4/c1-7-6-16-14-11(7)12-9(17-14)4-2-8-3-5-10(15)18-13(8)12/h2-5,11,14H,1,6H2/t11-,14+/m0/s1. The van der Waals surface area contributed by atoms with Gasteiger partial charge in [0.1, 0.15) is 11.3 Å². The molecule has 0 amide bonds. The lowest BCUT2D eigenvalue weighted by Crippen LogP contribution is -2.14. The molecule has 1 aromatic carbocycles. The molecular formula is C14H10O4. The van der Waals surface area contributed by atoms with Gasteiger partial charge in [0.2, 0.25) is 6.29 Å². The van der Waals surface area contributed by atoms with E-state index in [0.717, 1.165) is 16.5 Å². The van der Waals surface area contributed by atoms with Gasteiger partial charge < -0.3 is 13.9 Å². The van der Waals surface area contributed by atoms with Crippen LogP contribution in [-0.4, -0.2) is 12.9 Å².